The fourth-order valence-electron chi connectivity index (χ4n) is 8.38. The first-order valence-electron chi connectivity index (χ1n) is 21.9. The molecule has 2 atom stereocenters. The predicted molar refractivity (Wildman–Crippen MR) is 241 cm³/mol. The number of carbonyl (C=O) groups is 2. The van der Waals surface area contributed by atoms with Crippen molar-refractivity contribution in [1.82, 2.24) is 43.7 Å². The zero-order chi connectivity index (χ0) is 46.8. The number of carbonyl (C=O) groups excluding carboxylic acids is 2. The van der Waals surface area contributed by atoms with Crippen molar-refractivity contribution in [3.63, 3.8) is 0 Å². The Morgan fingerprint density at radius 3 is 1.49 bits per heavy atom. The van der Waals surface area contributed by atoms with Crippen molar-refractivity contribution >= 4 is 43.2 Å². The van der Waals surface area contributed by atoms with E-state index in [-0.39, 0.29) is 44.8 Å². The van der Waals surface area contributed by atoms with Crippen molar-refractivity contribution < 1.29 is 35.2 Å². The SMILES string of the molecule is CCc1cc(C(=O)N2CCCCCC2C)nc2cc(-c3ccc(S(=O)(=O)NC)cc3F)nn12.CCc1cc(C(=O)N2CCCCCC2C)nc2cc(-c3ccc(S(N)(=O)=O)cc3F)nn12. The van der Waals surface area contributed by atoms with Gasteiger partial charge >= 0.3 is 0 Å². The average Bonchev–Trinajstić information content (AvgIpc) is 3.77. The fraction of sp³-hybridized carbons (Fsp3) is 0.422. The number of nitrogens with two attached hydrogens (primary N) is 1. The molecule has 0 radical (unpaired) electrons. The van der Waals surface area contributed by atoms with Gasteiger partial charge in [-0.15, -0.1) is 0 Å². The second kappa shape index (κ2) is 19.4. The molecule has 2 aliphatic rings. The van der Waals surface area contributed by atoms with E-state index in [1.807, 2.05) is 23.6 Å². The molecule has 0 bridgehead atoms. The molecule has 2 saturated heterocycles. The van der Waals surface area contributed by atoms with E-state index in [1.165, 1.54) is 31.3 Å². The smallest absolute Gasteiger partial charge is 0.272 e. The third-order valence-electron chi connectivity index (χ3n) is 12.1. The first-order chi connectivity index (χ1) is 30.9. The number of sulfonamides is 2. The average molecular weight is 933 g/mol. The molecule has 346 valence electrons. The summed E-state index contributed by atoms with van der Waals surface area (Å²) in [7, 11) is -6.50. The zero-order valence-electron chi connectivity index (χ0n) is 37.1. The van der Waals surface area contributed by atoms with E-state index in [0.717, 1.165) is 74.9 Å². The second-order valence-electron chi connectivity index (χ2n) is 16.5. The lowest BCUT2D eigenvalue weighted by molar-refractivity contribution is 0.0684. The van der Waals surface area contributed by atoms with Gasteiger partial charge in [-0.25, -0.2) is 54.5 Å². The van der Waals surface area contributed by atoms with Gasteiger partial charge in [0.05, 0.1) is 21.2 Å². The van der Waals surface area contributed by atoms with Gasteiger partial charge in [0.1, 0.15) is 23.0 Å². The second-order valence-corrected chi connectivity index (χ2v) is 19.9. The lowest BCUT2D eigenvalue weighted by atomic mass is 10.1. The van der Waals surface area contributed by atoms with Crippen LogP contribution in [0.5, 0.6) is 0 Å². The van der Waals surface area contributed by atoms with Crippen LogP contribution in [0.15, 0.2) is 70.5 Å². The number of hydrogen-bond donors (Lipinski definition) is 2. The van der Waals surface area contributed by atoms with E-state index in [2.05, 4.69) is 38.7 Å². The van der Waals surface area contributed by atoms with Crippen LogP contribution in [0.3, 0.4) is 0 Å². The summed E-state index contributed by atoms with van der Waals surface area (Å²) in [5, 5.41) is 14.0. The normalized spacial score (nSPS) is 17.4. The Hall–Kier alpha value is -5.70. The van der Waals surface area contributed by atoms with Gasteiger partial charge in [-0.1, -0.05) is 39.5 Å². The van der Waals surface area contributed by atoms with Gasteiger partial charge in [-0.3, -0.25) is 9.59 Å². The number of amides is 2. The highest BCUT2D eigenvalue weighted by atomic mass is 32.2. The minimum absolute atomic E-state index is 0.0999. The highest BCUT2D eigenvalue weighted by Gasteiger charge is 2.28. The Morgan fingerprint density at radius 1 is 0.662 bits per heavy atom. The van der Waals surface area contributed by atoms with Crippen LogP contribution in [0.2, 0.25) is 0 Å². The molecule has 2 fully saturated rings. The Morgan fingerprint density at radius 2 is 1.09 bits per heavy atom. The van der Waals surface area contributed by atoms with Gasteiger partial charge in [0.25, 0.3) is 11.8 Å². The Labute approximate surface area is 377 Å². The molecule has 0 aliphatic carbocycles. The van der Waals surface area contributed by atoms with Gasteiger partial charge in [-0.2, -0.15) is 10.2 Å². The topological polar surface area (TPSA) is 207 Å². The first-order valence-corrected chi connectivity index (χ1v) is 24.9. The molecule has 0 spiro atoms. The van der Waals surface area contributed by atoms with Crippen LogP contribution < -0.4 is 9.86 Å². The van der Waals surface area contributed by atoms with E-state index >= 15 is 0 Å². The molecule has 16 nitrogen and oxygen atoms in total. The molecule has 6 aromatic rings. The molecule has 2 amide bonds. The fourth-order valence-corrected chi connectivity index (χ4v) is 9.64. The molecular weight excluding hydrogens is 879 g/mol. The number of aryl methyl sites for hydroxylation is 2. The largest absolute Gasteiger partial charge is 0.335 e. The van der Waals surface area contributed by atoms with Gasteiger partial charge in [0, 0.05) is 59.8 Å². The predicted octanol–water partition coefficient (Wildman–Crippen LogP) is 6.56. The molecule has 2 unspecified atom stereocenters. The molecule has 8 rings (SSSR count). The minimum atomic E-state index is -4.01. The van der Waals surface area contributed by atoms with E-state index in [0.29, 0.717) is 60.0 Å². The van der Waals surface area contributed by atoms with E-state index < -0.39 is 31.7 Å². The number of halogens is 2. The van der Waals surface area contributed by atoms with Crippen LogP contribution in [0, 0.1) is 11.6 Å². The monoisotopic (exact) mass is 932 g/mol. The highest BCUT2D eigenvalue weighted by molar-refractivity contribution is 7.89. The number of fused-ring (bicyclic) bond motifs is 2. The number of hydrogen-bond acceptors (Lipinski definition) is 10. The summed E-state index contributed by atoms with van der Waals surface area (Å²) in [6.45, 7) is 9.46. The van der Waals surface area contributed by atoms with Crippen molar-refractivity contribution in [2.24, 2.45) is 5.14 Å². The summed E-state index contributed by atoms with van der Waals surface area (Å²) in [5.74, 6) is -1.67. The summed E-state index contributed by atoms with van der Waals surface area (Å²) < 4.78 is 81.7. The van der Waals surface area contributed by atoms with Crippen LogP contribution >= 0.6 is 0 Å². The molecule has 4 aromatic heterocycles. The molecule has 20 heteroatoms. The molecule has 65 heavy (non-hydrogen) atoms. The van der Waals surface area contributed by atoms with Crippen LogP contribution in [-0.2, 0) is 32.9 Å². The minimum Gasteiger partial charge on any atom is -0.335 e. The zero-order valence-corrected chi connectivity index (χ0v) is 38.7. The Balaban J connectivity index is 0.000000194. The molecule has 0 saturated carbocycles. The van der Waals surface area contributed by atoms with Crippen molar-refractivity contribution in [3.05, 3.63) is 95.1 Å². The van der Waals surface area contributed by atoms with E-state index in [9.17, 15) is 35.2 Å². The Kier molecular flexibility index (Phi) is 14.1. The number of nitrogens with zero attached hydrogens (tertiary/aromatic N) is 8. The number of rotatable bonds is 9. The van der Waals surface area contributed by atoms with Gasteiger partial charge < -0.3 is 9.80 Å². The number of likely N-dealkylation sites (tertiary alicyclic amines) is 2. The van der Waals surface area contributed by atoms with Gasteiger partial charge in [0.2, 0.25) is 20.0 Å². The summed E-state index contributed by atoms with van der Waals surface area (Å²) >= 11 is 0. The van der Waals surface area contributed by atoms with Gasteiger partial charge in [-0.05, 0) is 108 Å². The van der Waals surface area contributed by atoms with Crippen LogP contribution in [-0.4, -0.2) is 99.9 Å². The lowest BCUT2D eigenvalue weighted by Crippen LogP contribution is -2.38. The summed E-state index contributed by atoms with van der Waals surface area (Å²) in [4.78, 5) is 38.9. The van der Waals surface area contributed by atoms with Crippen molar-refractivity contribution in [1.29, 1.82) is 0 Å². The maximum atomic E-state index is 14.8. The molecular formula is C45H54F2N10O6S2. The summed E-state index contributed by atoms with van der Waals surface area (Å²) in [6, 6.07) is 14.1. The van der Waals surface area contributed by atoms with Crippen molar-refractivity contribution in [2.75, 3.05) is 20.1 Å². The first kappa shape index (κ1) is 47.3. The standard InChI is InChI=1S/C23H28FN5O3S.C22H26FN5O3S/c1-4-16-12-21(23(30)28-11-7-5-6-8-15(28)2)26-22-14-20(27-29(16)22)18-10-9-17(13-19(18)24)33(31,32)25-3;1-3-15-11-20(22(29)27-10-6-4-5-7-14(27)2)25-21-13-19(26-28(15)21)17-9-8-16(12-18(17)23)32(24,30)31/h9-10,12-15,25H,4-8,11H2,1-3H3;8-9,11-14H,3-7,10H2,1-2H3,(H2,24,30,31). The van der Waals surface area contributed by atoms with Gasteiger partial charge in [0.15, 0.2) is 11.3 Å². The highest BCUT2D eigenvalue weighted by Crippen LogP contribution is 2.29. The molecule has 2 aliphatic heterocycles. The number of benzene rings is 2. The maximum absolute atomic E-state index is 14.8. The third-order valence-corrected chi connectivity index (χ3v) is 14.5. The number of primary sulfonamides is 1. The maximum Gasteiger partial charge on any atom is 0.272 e. The van der Waals surface area contributed by atoms with Crippen molar-refractivity contribution in [3.8, 4) is 22.5 Å². The summed E-state index contributed by atoms with van der Waals surface area (Å²) in [5.41, 5.74) is 4.03. The molecule has 6 heterocycles. The van der Waals surface area contributed by atoms with Crippen LogP contribution in [0.1, 0.15) is 111 Å². The van der Waals surface area contributed by atoms with Crippen molar-refractivity contribution in [2.45, 2.75) is 114 Å². The third kappa shape index (κ3) is 10.1. The number of aromatic nitrogens is 6. The van der Waals surface area contributed by atoms with E-state index in [4.69, 9.17) is 5.14 Å². The summed E-state index contributed by atoms with van der Waals surface area (Å²) in [6.07, 6.45) is 9.57. The van der Waals surface area contributed by atoms with Crippen LogP contribution in [0.25, 0.3) is 33.8 Å². The quantitative estimate of drug-likeness (QED) is 0.160. The molecule has 3 N–H and O–H groups in total. The van der Waals surface area contributed by atoms with E-state index in [1.54, 1.807) is 33.3 Å². The van der Waals surface area contributed by atoms with Crippen LogP contribution in [0.4, 0.5) is 8.78 Å². The lowest BCUT2D eigenvalue weighted by Gasteiger charge is -2.27. The molecule has 2 aromatic carbocycles. The number of nitrogens with one attached hydrogen (secondary N) is 1. The Bertz CT molecular complexity index is 2990.